The van der Waals surface area contributed by atoms with Gasteiger partial charge in [0.25, 0.3) is 0 Å². The molecule has 5 heterocycles. The molecule has 0 atom stereocenters. The molecule has 0 radical (unpaired) electrons. The summed E-state index contributed by atoms with van der Waals surface area (Å²) in [6, 6.07) is 2.93. The molecule has 0 saturated carbocycles. The highest BCUT2D eigenvalue weighted by Crippen LogP contribution is 2.38. The van der Waals surface area contributed by atoms with Crippen LogP contribution in [0.5, 0.6) is 0 Å². The lowest BCUT2D eigenvalue weighted by Crippen LogP contribution is -2.67. The molecule has 0 aromatic heterocycles. The van der Waals surface area contributed by atoms with Gasteiger partial charge < -0.3 is 19.3 Å². The summed E-state index contributed by atoms with van der Waals surface area (Å²) in [7, 11) is 2.19. The first-order valence-corrected chi connectivity index (χ1v) is 18.8. The number of likely N-dealkylation sites (tertiary alicyclic amines) is 2. The van der Waals surface area contributed by atoms with Crippen LogP contribution in [0.2, 0.25) is 0 Å². The first-order chi connectivity index (χ1) is 21.0. The van der Waals surface area contributed by atoms with Gasteiger partial charge in [-0.15, -0.1) is 0 Å². The summed E-state index contributed by atoms with van der Waals surface area (Å²) in [6.07, 6.45) is 1.41. The molecule has 5 fully saturated rings. The predicted octanol–water partition coefficient (Wildman–Crippen LogP) is 7.30. The van der Waals surface area contributed by atoms with Gasteiger partial charge in [-0.1, -0.05) is 55.4 Å². The van der Waals surface area contributed by atoms with Crippen LogP contribution < -0.4 is 0 Å². The van der Waals surface area contributed by atoms with E-state index in [4.69, 9.17) is 9.47 Å². The van der Waals surface area contributed by atoms with Crippen molar-refractivity contribution in [3.8, 4) is 0 Å². The van der Waals surface area contributed by atoms with Crippen molar-refractivity contribution in [2.75, 3.05) is 98.9 Å². The van der Waals surface area contributed by atoms with Crippen molar-refractivity contribution in [2.45, 2.75) is 141 Å². The predicted molar refractivity (Wildman–Crippen MR) is 198 cm³/mol. The highest BCUT2D eigenvalue weighted by atomic mass is 16.5. The number of piperazine rings is 1. The van der Waals surface area contributed by atoms with Crippen molar-refractivity contribution < 1.29 is 9.47 Å². The third-order valence-electron chi connectivity index (χ3n) is 8.29. The fourth-order valence-electron chi connectivity index (χ4n) is 5.04. The summed E-state index contributed by atoms with van der Waals surface area (Å²) in [6.45, 7) is 50.2. The number of morpholine rings is 1. The van der Waals surface area contributed by atoms with Crippen LogP contribution in [0.3, 0.4) is 0 Å². The number of hydrogen-bond acceptors (Lipinski definition) is 7. The van der Waals surface area contributed by atoms with E-state index in [-0.39, 0.29) is 0 Å². The summed E-state index contributed by atoms with van der Waals surface area (Å²) in [5, 5.41) is 0. The highest BCUT2D eigenvalue weighted by molar-refractivity contribution is 5.00. The van der Waals surface area contributed by atoms with Crippen molar-refractivity contribution in [3.05, 3.63) is 0 Å². The van der Waals surface area contributed by atoms with Gasteiger partial charge in [0.05, 0.1) is 26.4 Å². The SMILES string of the molecule is CC.CC.CC.CC.CC(C)N1CC2(COC2)C1.CC(C)N1CCC1.CC(C)N1CCN(C)CC1.CC(C)N1CCOCC1. The molecule has 1 spiro atoms. The fraction of sp³-hybridized carbons (Fsp3) is 1.00. The Morgan fingerprint density at radius 1 is 0.432 bits per heavy atom. The van der Waals surface area contributed by atoms with E-state index in [1.54, 1.807) is 0 Å². The zero-order chi connectivity index (χ0) is 34.7. The van der Waals surface area contributed by atoms with Crippen LogP contribution in [0, 0.1) is 5.41 Å². The van der Waals surface area contributed by atoms with E-state index >= 15 is 0 Å². The molecule has 5 rings (SSSR count). The van der Waals surface area contributed by atoms with Crippen molar-refractivity contribution in [3.63, 3.8) is 0 Å². The van der Waals surface area contributed by atoms with Crippen molar-refractivity contribution in [1.29, 1.82) is 0 Å². The Morgan fingerprint density at radius 3 is 1.00 bits per heavy atom. The van der Waals surface area contributed by atoms with Gasteiger partial charge in [-0.25, -0.2) is 0 Å². The Hall–Kier alpha value is -0.280. The molecule has 44 heavy (non-hydrogen) atoms. The highest BCUT2D eigenvalue weighted by Gasteiger charge is 2.49. The molecular weight excluding hydrogens is 546 g/mol. The Kier molecular flexibility index (Phi) is 32.9. The van der Waals surface area contributed by atoms with Crippen LogP contribution in [0.4, 0.5) is 0 Å². The van der Waals surface area contributed by atoms with Crippen LogP contribution in [-0.4, -0.2) is 148 Å². The first-order valence-electron chi connectivity index (χ1n) is 18.8. The zero-order valence-corrected chi connectivity index (χ0v) is 33.5. The summed E-state index contributed by atoms with van der Waals surface area (Å²) in [5.74, 6) is 0. The van der Waals surface area contributed by atoms with Crippen molar-refractivity contribution >= 4 is 0 Å². The largest absolute Gasteiger partial charge is 0.380 e. The fourth-order valence-corrected chi connectivity index (χ4v) is 5.04. The minimum Gasteiger partial charge on any atom is -0.380 e. The van der Waals surface area contributed by atoms with E-state index in [2.05, 4.69) is 86.9 Å². The number of nitrogens with zero attached hydrogens (tertiary/aromatic N) is 5. The molecule has 0 unspecified atom stereocenters. The van der Waals surface area contributed by atoms with Crippen molar-refractivity contribution in [1.82, 2.24) is 24.5 Å². The van der Waals surface area contributed by atoms with Gasteiger partial charge >= 0.3 is 0 Å². The van der Waals surface area contributed by atoms with Gasteiger partial charge in [-0.3, -0.25) is 14.7 Å². The van der Waals surface area contributed by atoms with E-state index < -0.39 is 0 Å². The maximum atomic E-state index is 5.21. The molecule has 0 aromatic carbocycles. The molecular formula is C37H85N5O2. The van der Waals surface area contributed by atoms with E-state index in [1.807, 2.05) is 55.4 Å². The van der Waals surface area contributed by atoms with E-state index in [9.17, 15) is 0 Å². The van der Waals surface area contributed by atoms with Gasteiger partial charge in [0.15, 0.2) is 0 Å². The monoisotopic (exact) mass is 632 g/mol. The van der Waals surface area contributed by atoms with Crippen LogP contribution in [0.15, 0.2) is 0 Å². The lowest BCUT2D eigenvalue weighted by atomic mass is 9.77. The number of hydrogen-bond donors (Lipinski definition) is 0. The molecule has 7 nitrogen and oxygen atoms in total. The average molecular weight is 632 g/mol. The second kappa shape index (κ2) is 30.1. The molecule has 5 saturated heterocycles. The molecule has 0 N–H and O–H groups in total. The zero-order valence-electron chi connectivity index (χ0n) is 33.5. The van der Waals surface area contributed by atoms with Gasteiger partial charge in [-0.05, 0) is 81.9 Å². The van der Waals surface area contributed by atoms with Crippen LogP contribution in [0.1, 0.15) is 117 Å². The summed E-state index contributed by atoms with van der Waals surface area (Å²) in [4.78, 5) is 12.3. The molecule has 7 heteroatoms. The van der Waals surface area contributed by atoms with Gasteiger partial charge in [0, 0.05) is 81.9 Å². The molecule has 0 amide bonds. The van der Waals surface area contributed by atoms with Crippen LogP contribution >= 0.6 is 0 Å². The second-order valence-electron chi connectivity index (χ2n) is 12.6. The Morgan fingerprint density at radius 2 is 0.773 bits per heavy atom. The number of likely N-dealkylation sites (N-methyl/N-ethyl adjacent to an activating group) is 1. The molecule has 0 aliphatic carbocycles. The summed E-state index contributed by atoms with van der Waals surface area (Å²) < 4.78 is 10.4. The minimum absolute atomic E-state index is 0.601. The van der Waals surface area contributed by atoms with Gasteiger partial charge in [0.1, 0.15) is 0 Å². The molecule has 5 aliphatic heterocycles. The third kappa shape index (κ3) is 20.8. The smallest absolute Gasteiger partial charge is 0.0594 e. The standard InChI is InChI=1S/C8H18N2.C8H15NO.C7H15NO.C6H13N.4C2H6/c1-8(2)10-6-4-9(3)5-7-10;1-7(2)9-3-8(4-9)5-10-6-8;1-7(2)8-3-5-9-6-4-8;1-6(2)7-4-3-5-7;4*1-2/h8H,4-7H2,1-3H3;7H,3-6H2,1-2H3;7H,3-6H2,1-2H3;6H,3-5H2,1-2H3;4*1-2H3. The van der Waals surface area contributed by atoms with E-state index in [0.29, 0.717) is 11.5 Å². The normalized spacial score (nSPS) is 21.2. The van der Waals surface area contributed by atoms with E-state index in [1.165, 1.54) is 58.8 Å². The summed E-state index contributed by atoms with van der Waals surface area (Å²) >= 11 is 0. The minimum atomic E-state index is 0.601. The lowest BCUT2D eigenvalue weighted by molar-refractivity contribution is -0.195. The Bertz CT molecular complexity index is 558. The van der Waals surface area contributed by atoms with Gasteiger partial charge in [0.2, 0.25) is 0 Å². The quantitative estimate of drug-likeness (QED) is 0.322. The molecule has 0 aromatic rings. The molecule has 270 valence electrons. The van der Waals surface area contributed by atoms with Crippen molar-refractivity contribution in [2.24, 2.45) is 5.41 Å². The van der Waals surface area contributed by atoms with E-state index in [0.717, 1.165) is 57.6 Å². The van der Waals surface area contributed by atoms with Crippen LogP contribution in [-0.2, 0) is 9.47 Å². The Labute approximate surface area is 279 Å². The third-order valence-corrected chi connectivity index (χ3v) is 8.29. The molecule has 0 bridgehead atoms. The lowest BCUT2D eigenvalue weighted by Gasteiger charge is -2.56. The maximum Gasteiger partial charge on any atom is 0.0594 e. The van der Waals surface area contributed by atoms with Crippen LogP contribution in [0.25, 0.3) is 0 Å². The number of ether oxygens (including phenoxy) is 2. The first kappa shape index (κ1) is 48.1. The number of rotatable bonds is 4. The topological polar surface area (TPSA) is 34.7 Å². The Balaban J connectivity index is -0.000000475. The molecule has 5 aliphatic rings. The van der Waals surface area contributed by atoms with Gasteiger partial charge in [-0.2, -0.15) is 0 Å². The summed E-state index contributed by atoms with van der Waals surface area (Å²) in [5.41, 5.74) is 0.601. The average Bonchev–Trinajstić information content (AvgIpc) is 2.96. The second-order valence-corrected chi connectivity index (χ2v) is 12.6. The maximum absolute atomic E-state index is 5.21.